The molecule has 1 aromatic carbocycles. The number of benzene rings is 1. The van der Waals surface area contributed by atoms with E-state index in [9.17, 15) is 9.59 Å². The lowest BCUT2D eigenvalue weighted by Gasteiger charge is -2.38. The Labute approximate surface area is 161 Å². The zero-order valence-electron chi connectivity index (χ0n) is 16.9. The average molecular weight is 378 g/mol. The molecule has 2 amide bonds. The van der Waals surface area contributed by atoms with Gasteiger partial charge >= 0.3 is 0 Å². The van der Waals surface area contributed by atoms with Crippen LogP contribution in [0.15, 0.2) is 18.2 Å². The lowest BCUT2D eigenvalue weighted by atomic mass is 10.0. The van der Waals surface area contributed by atoms with Gasteiger partial charge in [0, 0.05) is 24.7 Å². The van der Waals surface area contributed by atoms with Gasteiger partial charge in [-0.15, -0.1) is 0 Å². The predicted molar refractivity (Wildman–Crippen MR) is 102 cm³/mol. The molecule has 1 fully saturated rings. The van der Waals surface area contributed by atoms with Crippen molar-refractivity contribution in [3.63, 3.8) is 0 Å². The molecule has 3 atom stereocenters. The molecule has 0 spiro atoms. The van der Waals surface area contributed by atoms with E-state index < -0.39 is 6.04 Å². The molecular formula is C20H30N2O5. The van der Waals surface area contributed by atoms with Crippen molar-refractivity contribution >= 4 is 11.8 Å². The smallest absolute Gasteiger partial charge is 0.252 e. The van der Waals surface area contributed by atoms with Crippen LogP contribution in [0.5, 0.6) is 11.5 Å². The van der Waals surface area contributed by atoms with Gasteiger partial charge < -0.3 is 24.4 Å². The minimum atomic E-state index is -0.618. The Kier molecular flexibility index (Phi) is 7.07. The summed E-state index contributed by atoms with van der Waals surface area (Å²) in [5.74, 6) is 0.553. The van der Waals surface area contributed by atoms with Crippen molar-refractivity contribution in [2.45, 2.75) is 45.9 Å². The summed E-state index contributed by atoms with van der Waals surface area (Å²) in [6, 6.07) is 4.32. The number of hydrogen-bond acceptors (Lipinski definition) is 5. The van der Waals surface area contributed by atoms with Gasteiger partial charge in [0.05, 0.1) is 26.4 Å². The van der Waals surface area contributed by atoms with Crippen molar-refractivity contribution < 1.29 is 23.8 Å². The second kappa shape index (κ2) is 9.08. The fourth-order valence-corrected chi connectivity index (χ4v) is 3.23. The molecule has 7 heteroatoms. The molecule has 1 saturated heterocycles. The molecule has 7 nitrogen and oxygen atoms in total. The van der Waals surface area contributed by atoms with Crippen molar-refractivity contribution in [3.8, 4) is 11.5 Å². The molecule has 2 rings (SSSR count). The Balaban J connectivity index is 2.18. The zero-order valence-corrected chi connectivity index (χ0v) is 16.9. The van der Waals surface area contributed by atoms with Crippen LogP contribution in [0, 0.1) is 5.92 Å². The predicted octanol–water partition coefficient (Wildman–Crippen LogP) is 2.09. The third kappa shape index (κ3) is 5.35. The molecule has 1 heterocycles. The standard InChI is InChI=1S/C20H30N2O5/c1-12(2)18(20(24)22-10-13(3)27-14(4)11-22)21-19(23)15-7-16(25-5)9-17(8-15)26-6/h7-9,12-14,18H,10-11H2,1-6H3,(H,21,23). The van der Waals surface area contributed by atoms with Crippen LogP contribution in [0.3, 0.4) is 0 Å². The Morgan fingerprint density at radius 3 is 2.04 bits per heavy atom. The Hall–Kier alpha value is -2.28. The summed E-state index contributed by atoms with van der Waals surface area (Å²) in [4.78, 5) is 27.6. The van der Waals surface area contributed by atoms with Crippen LogP contribution >= 0.6 is 0 Å². The number of hydrogen-bond donors (Lipinski definition) is 1. The minimum Gasteiger partial charge on any atom is -0.497 e. The molecule has 150 valence electrons. The van der Waals surface area contributed by atoms with Gasteiger partial charge in [-0.3, -0.25) is 9.59 Å². The molecule has 0 saturated carbocycles. The largest absolute Gasteiger partial charge is 0.497 e. The highest BCUT2D eigenvalue weighted by Crippen LogP contribution is 2.23. The van der Waals surface area contributed by atoms with E-state index >= 15 is 0 Å². The van der Waals surface area contributed by atoms with E-state index in [1.807, 2.05) is 27.7 Å². The van der Waals surface area contributed by atoms with Crippen LogP contribution in [0.2, 0.25) is 0 Å². The lowest BCUT2D eigenvalue weighted by Crippen LogP contribution is -2.56. The van der Waals surface area contributed by atoms with Gasteiger partial charge in [-0.05, 0) is 31.9 Å². The monoisotopic (exact) mass is 378 g/mol. The van der Waals surface area contributed by atoms with Gasteiger partial charge in [0.25, 0.3) is 5.91 Å². The van der Waals surface area contributed by atoms with E-state index in [4.69, 9.17) is 14.2 Å². The van der Waals surface area contributed by atoms with E-state index in [0.717, 1.165) is 0 Å². The van der Waals surface area contributed by atoms with Crippen LogP contribution in [0.4, 0.5) is 0 Å². The van der Waals surface area contributed by atoms with Gasteiger partial charge in [-0.2, -0.15) is 0 Å². The summed E-state index contributed by atoms with van der Waals surface area (Å²) in [7, 11) is 3.05. The number of carbonyl (C=O) groups is 2. The summed E-state index contributed by atoms with van der Waals surface area (Å²) >= 11 is 0. The van der Waals surface area contributed by atoms with Crippen LogP contribution in [-0.2, 0) is 9.53 Å². The zero-order chi connectivity index (χ0) is 20.1. The summed E-state index contributed by atoms with van der Waals surface area (Å²) < 4.78 is 16.1. The van der Waals surface area contributed by atoms with Gasteiger partial charge in [0.2, 0.25) is 5.91 Å². The quantitative estimate of drug-likeness (QED) is 0.820. The van der Waals surface area contributed by atoms with Crippen molar-refractivity contribution in [3.05, 3.63) is 23.8 Å². The molecule has 1 aliphatic rings. The van der Waals surface area contributed by atoms with Crippen LogP contribution < -0.4 is 14.8 Å². The lowest BCUT2D eigenvalue weighted by molar-refractivity contribution is -0.146. The second-order valence-corrected chi connectivity index (χ2v) is 7.30. The minimum absolute atomic E-state index is 0.0242. The second-order valence-electron chi connectivity index (χ2n) is 7.30. The first-order valence-electron chi connectivity index (χ1n) is 9.23. The third-order valence-corrected chi connectivity index (χ3v) is 4.56. The SMILES string of the molecule is COc1cc(OC)cc(C(=O)NC(C(=O)N2CC(C)OC(C)C2)C(C)C)c1. The highest BCUT2D eigenvalue weighted by molar-refractivity contribution is 5.98. The number of amides is 2. The molecule has 0 aromatic heterocycles. The van der Waals surface area contributed by atoms with Crippen molar-refractivity contribution in [2.75, 3.05) is 27.3 Å². The van der Waals surface area contributed by atoms with Gasteiger partial charge in [0.15, 0.2) is 0 Å². The first kappa shape index (κ1) is 21.0. The van der Waals surface area contributed by atoms with E-state index in [-0.39, 0.29) is 29.9 Å². The highest BCUT2D eigenvalue weighted by atomic mass is 16.5. The molecule has 0 radical (unpaired) electrons. The number of nitrogens with zero attached hydrogens (tertiary/aromatic N) is 1. The molecule has 1 aliphatic heterocycles. The summed E-state index contributed by atoms with van der Waals surface area (Å²) in [5, 5.41) is 2.88. The van der Waals surface area contributed by atoms with Crippen molar-refractivity contribution in [1.82, 2.24) is 10.2 Å². The topological polar surface area (TPSA) is 77.1 Å². The first-order valence-corrected chi connectivity index (χ1v) is 9.23. The van der Waals surface area contributed by atoms with E-state index in [0.29, 0.717) is 30.2 Å². The number of ether oxygens (including phenoxy) is 3. The van der Waals surface area contributed by atoms with E-state index in [1.54, 1.807) is 23.1 Å². The normalized spacial score (nSPS) is 20.9. The number of carbonyl (C=O) groups excluding carboxylic acids is 2. The number of morpholine rings is 1. The maximum Gasteiger partial charge on any atom is 0.252 e. The van der Waals surface area contributed by atoms with Gasteiger partial charge in [-0.1, -0.05) is 13.8 Å². The summed E-state index contributed by atoms with van der Waals surface area (Å²) in [5.41, 5.74) is 0.383. The van der Waals surface area contributed by atoms with Crippen LogP contribution in [-0.4, -0.2) is 62.3 Å². The Morgan fingerprint density at radius 2 is 1.59 bits per heavy atom. The Bertz CT molecular complexity index is 644. The van der Waals surface area contributed by atoms with Crippen LogP contribution in [0.1, 0.15) is 38.1 Å². The van der Waals surface area contributed by atoms with Crippen molar-refractivity contribution in [1.29, 1.82) is 0 Å². The Morgan fingerprint density at radius 1 is 1.07 bits per heavy atom. The number of methoxy groups -OCH3 is 2. The van der Waals surface area contributed by atoms with Gasteiger partial charge in [0.1, 0.15) is 17.5 Å². The third-order valence-electron chi connectivity index (χ3n) is 4.56. The fourth-order valence-electron chi connectivity index (χ4n) is 3.23. The molecule has 3 unspecified atom stereocenters. The first-order chi connectivity index (χ1) is 12.7. The molecule has 1 N–H and O–H groups in total. The van der Waals surface area contributed by atoms with E-state index in [2.05, 4.69) is 5.32 Å². The average Bonchev–Trinajstić information content (AvgIpc) is 2.63. The summed E-state index contributed by atoms with van der Waals surface area (Å²) in [6.07, 6.45) is -0.0484. The molecular weight excluding hydrogens is 348 g/mol. The van der Waals surface area contributed by atoms with Crippen molar-refractivity contribution in [2.24, 2.45) is 5.92 Å². The molecule has 0 aliphatic carbocycles. The fraction of sp³-hybridized carbons (Fsp3) is 0.600. The molecule has 0 bridgehead atoms. The highest BCUT2D eigenvalue weighted by Gasteiger charge is 2.33. The molecule has 27 heavy (non-hydrogen) atoms. The maximum absolute atomic E-state index is 13.1. The number of rotatable bonds is 6. The number of nitrogens with one attached hydrogen (secondary N) is 1. The maximum atomic E-state index is 13.1. The van der Waals surface area contributed by atoms with Gasteiger partial charge in [-0.25, -0.2) is 0 Å². The summed E-state index contributed by atoms with van der Waals surface area (Å²) in [6.45, 7) is 8.78. The van der Waals surface area contributed by atoms with Crippen LogP contribution in [0.25, 0.3) is 0 Å². The van der Waals surface area contributed by atoms with E-state index in [1.165, 1.54) is 14.2 Å². The molecule has 1 aromatic rings.